The Morgan fingerprint density at radius 2 is 1.83 bits per heavy atom. The number of aromatic nitrogens is 1. The maximum absolute atomic E-state index is 12.8. The topological polar surface area (TPSA) is 91.8 Å². The van der Waals surface area contributed by atoms with Crippen molar-refractivity contribution in [3.05, 3.63) is 48.2 Å². The zero-order valence-corrected chi connectivity index (χ0v) is 17.6. The number of sulfonamides is 1. The van der Waals surface area contributed by atoms with Crippen LogP contribution in [0, 0.1) is 0 Å². The molecule has 0 atom stereocenters. The Bertz CT molecular complexity index is 953. The van der Waals surface area contributed by atoms with Gasteiger partial charge in [0.15, 0.2) is 0 Å². The average molecular weight is 419 g/mol. The minimum atomic E-state index is -3.56. The number of pyridine rings is 1. The molecular weight excluding hydrogens is 392 g/mol. The van der Waals surface area contributed by atoms with Crippen molar-refractivity contribution in [1.29, 1.82) is 0 Å². The molecule has 1 aromatic heterocycles. The highest BCUT2D eigenvalue weighted by Gasteiger charge is 2.30. The minimum absolute atomic E-state index is 0.0833. The largest absolute Gasteiger partial charge is 0.497 e. The molecule has 156 valence electrons. The van der Waals surface area contributed by atoms with Crippen LogP contribution < -0.4 is 15.0 Å². The van der Waals surface area contributed by atoms with E-state index in [0.717, 1.165) is 0 Å². The Kier molecular flexibility index (Phi) is 6.39. The predicted octanol–water partition coefficient (Wildman–Crippen LogP) is 1.74. The molecule has 9 heteroatoms. The minimum Gasteiger partial charge on any atom is -0.497 e. The number of methoxy groups -OCH3 is 1. The lowest BCUT2D eigenvalue weighted by Gasteiger charge is -2.31. The van der Waals surface area contributed by atoms with Crippen molar-refractivity contribution in [2.24, 2.45) is 0 Å². The first-order chi connectivity index (χ1) is 13.8. The second-order valence-corrected chi connectivity index (χ2v) is 9.03. The molecule has 2 aromatic rings. The van der Waals surface area contributed by atoms with Crippen molar-refractivity contribution < 1.29 is 17.9 Å². The molecule has 2 heterocycles. The zero-order valence-electron chi connectivity index (χ0n) is 16.8. The van der Waals surface area contributed by atoms with Crippen LogP contribution in [0.3, 0.4) is 0 Å². The van der Waals surface area contributed by atoms with Gasteiger partial charge in [-0.2, -0.15) is 4.31 Å². The van der Waals surface area contributed by atoms with Gasteiger partial charge in [0.1, 0.15) is 11.6 Å². The molecule has 0 unspecified atom stereocenters. The summed E-state index contributed by atoms with van der Waals surface area (Å²) in [6.07, 6.45) is 2.76. The number of rotatable bonds is 6. The Morgan fingerprint density at radius 3 is 2.41 bits per heavy atom. The first-order valence-electron chi connectivity index (χ1n) is 9.40. The standard InChI is InChI=1S/C20H26N4O4S/c1-23(2)19-18(5-4-12-21-19)20(25)22-15-10-13-24(14-11-15)29(26,27)17-8-6-16(28-3)7-9-17/h4-9,12,15H,10-11,13-14H2,1-3H3,(H,22,25). The third-order valence-electron chi connectivity index (χ3n) is 4.94. The number of amides is 1. The van der Waals surface area contributed by atoms with Crippen LogP contribution in [0.15, 0.2) is 47.5 Å². The number of hydrogen-bond donors (Lipinski definition) is 1. The fraction of sp³-hybridized carbons (Fsp3) is 0.400. The second kappa shape index (κ2) is 8.79. The van der Waals surface area contributed by atoms with Crippen molar-refractivity contribution >= 4 is 21.7 Å². The van der Waals surface area contributed by atoms with Crippen molar-refractivity contribution in [3.8, 4) is 5.75 Å². The zero-order chi connectivity index (χ0) is 21.0. The van der Waals surface area contributed by atoms with Crippen molar-refractivity contribution in [2.75, 3.05) is 39.2 Å². The molecule has 1 aliphatic rings. The van der Waals surface area contributed by atoms with E-state index in [1.54, 1.807) is 47.5 Å². The van der Waals surface area contributed by atoms with Crippen LogP contribution in [-0.4, -0.2) is 64.0 Å². The molecule has 3 rings (SSSR count). The average Bonchev–Trinajstić information content (AvgIpc) is 2.74. The molecule has 29 heavy (non-hydrogen) atoms. The molecule has 1 fully saturated rings. The lowest BCUT2D eigenvalue weighted by atomic mass is 10.1. The van der Waals surface area contributed by atoms with Crippen LogP contribution in [0.1, 0.15) is 23.2 Å². The van der Waals surface area contributed by atoms with Gasteiger partial charge in [-0.25, -0.2) is 13.4 Å². The number of piperidine rings is 1. The van der Waals surface area contributed by atoms with Gasteiger partial charge in [-0.1, -0.05) is 0 Å². The third kappa shape index (κ3) is 4.68. The molecule has 1 N–H and O–H groups in total. The molecular formula is C20H26N4O4S. The first kappa shape index (κ1) is 21.1. The van der Waals surface area contributed by atoms with Crippen LogP contribution in [0.2, 0.25) is 0 Å². The summed E-state index contributed by atoms with van der Waals surface area (Å²) in [4.78, 5) is 19.0. The number of nitrogens with one attached hydrogen (secondary N) is 1. The molecule has 0 bridgehead atoms. The van der Waals surface area contributed by atoms with Gasteiger partial charge in [0.2, 0.25) is 10.0 Å². The molecule has 0 radical (unpaired) electrons. The Hall–Kier alpha value is -2.65. The molecule has 1 saturated heterocycles. The summed E-state index contributed by atoms with van der Waals surface area (Å²) in [5.74, 6) is 1.01. The quantitative estimate of drug-likeness (QED) is 0.768. The Balaban J connectivity index is 1.62. The van der Waals surface area contributed by atoms with E-state index >= 15 is 0 Å². The third-order valence-corrected chi connectivity index (χ3v) is 6.85. The van der Waals surface area contributed by atoms with E-state index in [-0.39, 0.29) is 16.8 Å². The molecule has 0 spiro atoms. The Labute approximate surface area is 171 Å². The highest BCUT2D eigenvalue weighted by molar-refractivity contribution is 7.89. The lowest BCUT2D eigenvalue weighted by Crippen LogP contribution is -2.46. The normalized spacial score (nSPS) is 15.7. The molecule has 1 amide bonds. The van der Waals surface area contributed by atoms with Gasteiger partial charge in [0.05, 0.1) is 17.6 Å². The summed E-state index contributed by atoms with van der Waals surface area (Å²) < 4.78 is 32.2. The highest BCUT2D eigenvalue weighted by atomic mass is 32.2. The number of nitrogens with zero attached hydrogens (tertiary/aromatic N) is 3. The van der Waals surface area contributed by atoms with Gasteiger partial charge in [-0.3, -0.25) is 4.79 Å². The molecule has 8 nitrogen and oxygen atoms in total. The van der Waals surface area contributed by atoms with Crippen LogP contribution in [0.4, 0.5) is 5.82 Å². The van der Waals surface area contributed by atoms with Crippen LogP contribution in [-0.2, 0) is 10.0 Å². The first-order valence-corrected chi connectivity index (χ1v) is 10.8. The number of ether oxygens (including phenoxy) is 1. The summed E-state index contributed by atoms with van der Waals surface area (Å²) in [6, 6.07) is 9.75. The lowest BCUT2D eigenvalue weighted by molar-refractivity contribution is 0.0924. The van der Waals surface area contributed by atoms with E-state index in [2.05, 4.69) is 10.3 Å². The van der Waals surface area contributed by atoms with E-state index in [1.165, 1.54) is 11.4 Å². The monoisotopic (exact) mass is 418 g/mol. The number of benzene rings is 1. The number of anilines is 1. The van der Waals surface area contributed by atoms with Gasteiger partial charge in [-0.05, 0) is 49.2 Å². The van der Waals surface area contributed by atoms with Gasteiger partial charge in [0.25, 0.3) is 5.91 Å². The fourth-order valence-corrected chi connectivity index (χ4v) is 4.80. The van der Waals surface area contributed by atoms with E-state index in [4.69, 9.17) is 4.74 Å². The van der Waals surface area contributed by atoms with Gasteiger partial charge in [0, 0.05) is 39.4 Å². The highest BCUT2D eigenvalue weighted by Crippen LogP contribution is 2.23. The van der Waals surface area contributed by atoms with Crippen LogP contribution in [0.5, 0.6) is 5.75 Å². The van der Waals surface area contributed by atoms with Crippen molar-refractivity contribution in [2.45, 2.75) is 23.8 Å². The van der Waals surface area contributed by atoms with E-state index < -0.39 is 10.0 Å². The number of hydrogen-bond acceptors (Lipinski definition) is 6. The van der Waals surface area contributed by atoms with Gasteiger partial charge < -0.3 is 15.0 Å². The van der Waals surface area contributed by atoms with E-state index in [0.29, 0.717) is 43.1 Å². The van der Waals surface area contributed by atoms with Gasteiger partial charge in [-0.15, -0.1) is 0 Å². The van der Waals surface area contributed by atoms with E-state index in [9.17, 15) is 13.2 Å². The maximum Gasteiger partial charge on any atom is 0.255 e. The fourth-order valence-electron chi connectivity index (χ4n) is 3.33. The maximum atomic E-state index is 12.8. The summed E-state index contributed by atoms with van der Waals surface area (Å²) in [5, 5.41) is 3.01. The number of carbonyl (C=O) groups is 1. The molecule has 0 saturated carbocycles. The summed E-state index contributed by atoms with van der Waals surface area (Å²) >= 11 is 0. The molecule has 1 aromatic carbocycles. The van der Waals surface area contributed by atoms with Crippen molar-refractivity contribution in [3.63, 3.8) is 0 Å². The molecule has 0 aliphatic carbocycles. The van der Waals surface area contributed by atoms with Crippen molar-refractivity contribution in [1.82, 2.24) is 14.6 Å². The molecule has 1 aliphatic heterocycles. The summed E-state index contributed by atoms with van der Waals surface area (Å²) in [6.45, 7) is 0.708. The van der Waals surface area contributed by atoms with Gasteiger partial charge >= 0.3 is 0 Å². The van der Waals surface area contributed by atoms with E-state index in [1.807, 2.05) is 14.1 Å². The smallest absolute Gasteiger partial charge is 0.255 e. The van der Waals surface area contributed by atoms with Crippen LogP contribution >= 0.6 is 0 Å². The predicted molar refractivity (Wildman–Crippen MR) is 111 cm³/mol. The summed E-state index contributed by atoms with van der Waals surface area (Å²) in [5.41, 5.74) is 0.505. The summed E-state index contributed by atoms with van der Waals surface area (Å²) in [7, 11) is 1.65. The SMILES string of the molecule is COc1ccc(S(=O)(=O)N2CCC(NC(=O)c3cccnc3N(C)C)CC2)cc1. The van der Waals surface area contributed by atoms with Crippen LogP contribution in [0.25, 0.3) is 0 Å². The number of carbonyl (C=O) groups excluding carboxylic acids is 1. The Morgan fingerprint density at radius 1 is 1.17 bits per heavy atom. The second-order valence-electron chi connectivity index (χ2n) is 7.10.